The van der Waals surface area contributed by atoms with Crippen LogP contribution in [0.1, 0.15) is 24.0 Å². The lowest BCUT2D eigenvalue weighted by Gasteiger charge is -2.14. The Labute approximate surface area is 91.6 Å². The zero-order valence-electron chi connectivity index (χ0n) is 9.84. The molecule has 1 rings (SSSR count). The standard InChI is InChI=1S/C12H20N2O/c1-9(2)7-14(4)8-11-5-10(3)12(6-13)15-11/h5H,1,6-8,13H2,2-4H3. The second-order valence-corrected chi connectivity index (χ2v) is 4.15. The molecule has 3 nitrogen and oxygen atoms in total. The van der Waals surface area contributed by atoms with Crippen LogP contribution in [0.3, 0.4) is 0 Å². The lowest BCUT2D eigenvalue weighted by molar-refractivity contribution is 0.311. The molecule has 0 saturated heterocycles. The van der Waals surface area contributed by atoms with Crippen molar-refractivity contribution >= 4 is 0 Å². The number of rotatable bonds is 5. The average Bonchev–Trinajstić information content (AvgIpc) is 2.44. The molecule has 0 amide bonds. The van der Waals surface area contributed by atoms with E-state index in [0.29, 0.717) is 6.54 Å². The van der Waals surface area contributed by atoms with Crippen LogP contribution in [-0.2, 0) is 13.1 Å². The van der Waals surface area contributed by atoms with Crippen molar-refractivity contribution < 1.29 is 4.42 Å². The molecule has 0 aliphatic heterocycles. The maximum atomic E-state index is 5.62. The summed E-state index contributed by atoms with van der Waals surface area (Å²) in [6.07, 6.45) is 0. The molecule has 2 N–H and O–H groups in total. The number of furan rings is 1. The molecule has 0 aliphatic carbocycles. The van der Waals surface area contributed by atoms with Crippen LogP contribution in [0.4, 0.5) is 0 Å². The van der Waals surface area contributed by atoms with E-state index in [1.54, 1.807) is 0 Å². The summed E-state index contributed by atoms with van der Waals surface area (Å²) in [7, 11) is 2.05. The molecule has 15 heavy (non-hydrogen) atoms. The first kappa shape index (κ1) is 12.0. The number of likely N-dealkylation sites (N-methyl/N-ethyl adjacent to an activating group) is 1. The van der Waals surface area contributed by atoms with Gasteiger partial charge in [-0.25, -0.2) is 0 Å². The van der Waals surface area contributed by atoms with Gasteiger partial charge in [-0.15, -0.1) is 0 Å². The third kappa shape index (κ3) is 3.53. The normalized spacial score (nSPS) is 11.0. The largest absolute Gasteiger partial charge is 0.463 e. The highest BCUT2D eigenvalue weighted by Gasteiger charge is 2.08. The van der Waals surface area contributed by atoms with E-state index in [2.05, 4.69) is 24.6 Å². The molecule has 1 heterocycles. The van der Waals surface area contributed by atoms with Gasteiger partial charge in [0.25, 0.3) is 0 Å². The molecule has 0 atom stereocenters. The van der Waals surface area contributed by atoms with Gasteiger partial charge in [0.15, 0.2) is 0 Å². The lowest BCUT2D eigenvalue weighted by atomic mass is 10.2. The molecular formula is C12H20N2O. The van der Waals surface area contributed by atoms with Crippen molar-refractivity contribution in [2.45, 2.75) is 26.9 Å². The monoisotopic (exact) mass is 208 g/mol. The van der Waals surface area contributed by atoms with Crippen molar-refractivity contribution in [2.24, 2.45) is 5.73 Å². The van der Waals surface area contributed by atoms with Crippen molar-refractivity contribution in [3.8, 4) is 0 Å². The van der Waals surface area contributed by atoms with Gasteiger partial charge >= 0.3 is 0 Å². The minimum Gasteiger partial charge on any atom is -0.463 e. The SMILES string of the molecule is C=C(C)CN(C)Cc1cc(C)c(CN)o1. The van der Waals surface area contributed by atoms with Crippen LogP contribution in [0, 0.1) is 6.92 Å². The zero-order chi connectivity index (χ0) is 11.4. The predicted octanol–water partition coefficient (Wildman–Crippen LogP) is 2.05. The summed E-state index contributed by atoms with van der Waals surface area (Å²) in [4.78, 5) is 2.17. The summed E-state index contributed by atoms with van der Waals surface area (Å²) < 4.78 is 5.62. The highest BCUT2D eigenvalue weighted by molar-refractivity contribution is 5.19. The van der Waals surface area contributed by atoms with Gasteiger partial charge in [0.2, 0.25) is 0 Å². The Morgan fingerprint density at radius 3 is 2.73 bits per heavy atom. The maximum Gasteiger partial charge on any atom is 0.120 e. The fourth-order valence-electron chi connectivity index (χ4n) is 1.65. The van der Waals surface area contributed by atoms with E-state index in [1.807, 2.05) is 13.8 Å². The van der Waals surface area contributed by atoms with Crippen molar-refractivity contribution in [3.63, 3.8) is 0 Å². The smallest absolute Gasteiger partial charge is 0.120 e. The van der Waals surface area contributed by atoms with Crippen molar-refractivity contribution in [1.82, 2.24) is 4.90 Å². The molecule has 1 aromatic rings. The highest BCUT2D eigenvalue weighted by Crippen LogP contribution is 2.15. The summed E-state index contributed by atoms with van der Waals surface area (Å²) in [5.74, 6) is 1.85. The minimum atomic E-state index is 0.468. The van der Waals surface area contributed by atoms with Crippen LogP contribution < -0.4 is 5.73 Å². The molecule has 0 aromatic carbocycles. The third-order valence-electron chi connectivity index (χ3n) is 2.22. The van der Waals surface area contributed by atoms with Crippen LogP contribution in [0.2, 0.25) is 0 Å². The van der Waals surface area contributed by atoms with Crippen molar-refractivity contribution in [2.75, 3.05) is 13.6 Å². The Bertz CT molecular complexity index is 341. The van der Waals surface area contributed by atoms with E-state index < -0.39 is 0 Å². The van der Waals surface area contributed by atoms with Gasteiger partial charge in [0, 0.05) is 6.54 Å². The first-order valence-electron chi connectivity index (χ1n) is 5.14. The van der Waals surface area contributed by atoms with E-state index in [1.165, 1.54) is 0 Å². The Kier molecular flexibility index (Phi) is 4.12. The summed E-state index contributed by atoms with van der Waals surface area (Å²) in [6.45, 7) is 10.1. The fraction of sp³-hybridized carbons (Fsp3) is 0.500. The van der Waals surface area contributed by atoms with Crippen LogP contribution in [-0.4, -0.2) is 18.5 Å². The van der Waals surface area contributed by atoms with Gasteiger partial charge < -0.3 is 10.2 Å². The van der Waals surface area contributed by atoms with Crippen molar-refractivity contribution in [3.05, 3.63) is 35.3 Å². The van der Waals surface area contributed by atoms with Crippen LogP contribution >= 0.6 is 0 Å². The van der Waals surface area contributed by atoms with Gasteiger partial charge in [-0.3, -0.25) is 4.90 Å². The van der Waals surface area contributed by atoms with Gasteiger partial charge in [0.1, 0.15) is 11.5 Å². The van der Waals surface area contributed by atoms with Crippen LogP contribution in [0.25, 0.3) is 0 Å². The first-order valence-corrected chi connectivity index (χ1v) is 5.14. The zero-order valence-corrected chi connectivity index (χ0v) is 9.84. The van der Waals surface area contributed by atoms with E-state index in [0.717, 1.165) is 35.7 Å². The average molecular weight is 208 g/mol. The Morgan fingerprint density at radius 1 is 1.60 bits per heavy atom. The van der Waals surface area contributed by atoms with Crippen LogP contribution in [0.15, 0.2) is 22.6 Å². The number of aryl methyl sites for hydroxylation is 1. The molecule has 3 heteroatoms. The lowest BCUT2D eigenvalue weighted by Crippen LogP contribution is -2.19. The quantitative estimate of drug-likeness (QED) is 0.753. The molecule has 0 fully saturated rings. The third-order valence-corrected chi connectivity index (χ3v) is 2.22. The fourth-order valence-corrected chi connectivity index (χ4v) is 1.65. The molecule has 0 saturated carbocycles. The summed E-state index contributed by atoms with van der Waals surface area (Å²) in [6, 6.07) is 2.05. The van der Waals surface area contributed by atoms with Gasteiger partial charge in [0.05, 0.1) is 13.1 Å². The topological polar surface area (TPSA) is 42.4 Å². The summed E-state index contributed by atoms with van der Waals surface area (Å²) in [5.41, 5.74) is 7.84. The maximum absolute atomic E-state index is 5.62. The molecule has 0 spiro atoms. The molecule has 0 radical (unpaired) electrons. The molecule has 0 aliphatic rings. The number of nitrogens with zero attached hydrogens (tertiary/aromatic N) is 1. The molecule has 0 bridgehead atoms. The molecular weight excluding hydrogens is 188 g/mol. The number of hydrogen-bond acceptors (Lipinski definition) is 3. The highest BCUT2D eigenvalue weighted by atomic mass is 16.3. The summed E-state index contributed by atoms with van der Waals surface area (Å²) in [5, 5.41) is 0. The molecule has 0 unspecified atom stereocenters. The Balaban J connectivity index is 2.60. The minimum absolute atomic E-state index is 0.468. The molecule has 84 valence electrons. The van der Waals surface area contributed by atoms with E-state index in [9.17, 15) is 0 Å². The van der Waals surface area contributed by atoms with Gasteiger partial charge in [-0.05, 0) is 32.5 Å². The first-order chi connectivity index (χ1) is 7.02. The Morgan fingerprint density at radius 2 is 2.27 bits per heavy atom. The number of nitrogens with two attached hydrogens (primary N) is 1. The molecule has 1 aromatic heterocycles. The van der Waals surface area contributed by atoms with E-state index in [4.69, 9.17) is 10.2 Å². The predicted molar refractivity (Wildman–Crippen MR) is 62.5 cm³/mol. The second kappa shape index (κ2) is 5.14. The summed E-state index contributed by atoms with van der Waals surface area (Å²) >= 11 is 0. The van der Waals surface area contributed by atoms with E-state index >= 15 is 0 Å². The van der Waals surface area contributed by atoms with Gasteiger partial charge in [-0.1, -0.05) is 12.2 Å². The van der Waals surface area contributed by atoms with Crippen LogP contribution in [0.5, 0.6) is 0 Å². The van der Waals surface area contributed by atoms with Gasteiger partial charge in [-0.2, -0.15) is 0 Å². The Hall–Kier alpha value is -1.06. The second-order valence-electron chi connectivity index (χ2n) is 4.15. The van der Waals surface area contributed by atoms with Crippen molar-refractivity contribution in [1.29, 1.82) is 0 Å². The van der Waals surface area contributed by atoms with E-state index in [-0.39, 0.29) is 0 Å². The number of hydrogen-bond donors (Lipinski definition) is 1.